The summed E-state index contributed by atoms with van der Waals surface area (Å²) in [5.41, 5.74) is 0. The van der Waals surface area contributed by atoms with Crippen molar-refractivity contribution >= 4 is 7.12 Å². The summed E-state index contributed by atoms with van der Waals surface area (Å²) < 4.78 is 10.9. The summed E-state index contributed by atoms with van der Waals surface area (Å²) >= 11 is 0. The topological polar surface area (TPSA) is 18.5 Å². The normalized spacial score (nSPS) is 21.8. The summed E-state index contributed by atoms with van der Waals surface area (Å²) in [6.07, 6.45) is 3.32. The summed E-state index contributed by atoms with van der Waals surface area (Å²) in [6.45, 7) is 6.19. The van der Waals surface area contributed by atoms with Crippen LogP contribution in [-0.4, -0.2) is 20.3 Å². The lowest BCUT2D eigenvalue weighted by molar-refractivity contribution is 0.131. The van der Waals surface area contributed by atoms with E-state index in [0.717, 1.165) is 31.9 Å². The van der Waals surface area contributed by atoms with Crippen molar-refractivity contribution in [1.82, 2.24) is 0 Å². The third-order valence-corrected chi connectivity index (χ3v) is 2.19. The molecule has 0 bridgehead atoms. The van der Waals surface area contributed by atoms with Gasteiger partial charge in [0.2, 0.25) is 0 Å². The first-order chi connectivity index (χ1) is 5.33. The van der Waals surface area contributed by atoms with Crippen molar-refractivity contribution in [2.24, 2.45) is 5.92 Å². The molecule has 0 amide bonds. The Morgan fingerprint density at radius 3 is 2.55 bits per heavy atom. The Hall–Kier alpha value is -0.0151. The first kappa shape index (κ1) is 9.08. The van der Waals surface area contributed by atoms with Gasteiger partial charge in [-0.25, -0.2) is 0 Å². The van der Waals surface area contributed by atoms with Crippen LogP contribution in [0.15, 0.2) is 0 Å². The molecule has 0 aromatic carbocycles. The van der Waals surface area contributed by atoms with Gasteiger partial charge in [0.25, 0.3) is 0 Å². The molecule has 0 spiro atoms. The highest BCUT2D eigenvalue weighted by Crippen LogP contribution is 2.14. The van der Waals surface area contributed by atoms with Crippen LogP contribution in [0.4, 0.5) is 0 Å². The van der Waals surface area contributed by atoms with Crippen molar-refractivity contribution in [3.05, 3.63) is 0 Å². The van der Waals surface area contributed by atoms with Crippen LogP contribution in [0.2, 0.25) is 6.32 Å². The van der Waals surface area contributed by atoms with Crippen LogP contribution in [0, 0.1) is 5.92 Å². The fourth-order valence-corrected chi connectivity index (χ4v) is 1.17. The van der Waals surface area contributed by atoms with Gasteiger partial charge in [0.1, 0.15) is 0 Å². The molecule has 0 radical (unpaired) electrons. The molecule has 64 valence electrons. The lowest BCUT2D eigenvalue weighted by atomic mass is 9.76. The average molecular weight is 156 g/mol. The van der Waals surface area contributed by atoms with E-state index >= 15 is 0 Å². The Morgan fingerprint density at radius 1 is 1.36 bits per heavy atom. The Morgan fingerprint density at radius 2 is 2.00 bits per heavy atom. The van der Waals surface area contributed by atoms with Crippen molar-refractivity contribution in [2.75, 3.05) is 13.2 Å². The smallest absolute Gasteiger partial charge is 0.411 e. The number of rotatable bonds is 3. The first-order valence-corrected chi connectivity index (χ1v) is 4.56. The van der Waals surface area contributed by atoms with E-state index in [1.54, 1.807) is 0 Å². The van der Waals surface area contributed by atoms with E-state index in [9.17, 15) is 0 Å². The van der Waals surface area contributed by atoms with Crippen molar-refractivity contribution < 1.29 is 9.31 Å². The van der Waals surface area contributed by atoms with Crippen LogP contribution >= 0.6 is 0 Å². The molecular formula is C8H17BO2. The summed E-state index contributed by atoms with van der Waals surface area (Å²) in [6, 6.07) is 0. The molecule has 1 aliphatic heterocycles. The van der Waals surface area contributed by atoms with E-state index in [1.165, 1.54) is 6.42 Å². The van der Waals surface area contributed by atoms with Crippen LogP contribution in [0.1, 0.15) is 26.7 Å². The molecule has 0 saturated carbocycles. The van der Waals surface area contributed by atoms with Crippen LogP contribution in [0.3, 0.4) is 0 Å². The van der Waals surface area contributed by atoms with Gasteiger partial charge >= 0.3 is 7.12 Å². The van der Waals surface area contributed by atoms with Crippen LogP contribution in [0.5, 0.6) is 0 Å². The maximum Gasteiger partial charge on any atom is 0.457 e. The maximum atomic E-state index is 5.43. The van der Waals surface area contributed by atoms with Gasteiger partial charge in [0, 0.05) is 13.2 Å². The SMILES string of the molecule is CCC(C)CB1OCCCO1. The predicted molar refractivity (Wildman–Crippen MR) is 46.5 cm³/mol. The third kappa shape index (κ3) is 3.26. The van der Waals surface area contributed by atoms with Gasteiger partial charge < -0.3 is 9.31 Å². The van der Waals surface area contributed by atoms with Gasteiger partial charge in [-0.3, -0.25) is 0 Å². The van der Waals surface area contributed by atoms with Gasteiger partial charge in [-0.2, -0.15) is 0 Å². The second kappa shape index (κ2) is 4.78. The zero-order valence-electron chi connectivity index (χ0n) is 7.51. The first-order valence-electron chi connectivity index (χ1n) is 4.56. The number of hydrogen-bond donors (Lipinski definition) is 0. The Kier molecular flexibility index (Phi) is 3.94. The van der Waals surface area contributed by atoms with E-state index in [1.807, 2.05) is 0 Å². The van der Waals surface area contributed by atoms with Gasteiger partial charge in [0.15, 0.2) is 0 Å². The summed E-state index contributed by atoms with van der Waals surface area (Å²) in [5.74, 6) is 0.720. The zero-order chi connectivity index (χ0) is 8.10. The molecule has 0 aliphatic carbocycles. The van der Waals surface area contributed by atoms with Crippen molar-refractivity contribution in [3.8, 4) is 0 Å². The van der Waals surface area contributed by atoms with E-state index in [2.05, 4.69) is 13.8 Å². The second-order valence-electron chi connectivity index (χ2n) is 3.27. The van der Waals surface area contributed by atoms with E-state index in [4.69, 9.17) is 9.31 Å². The molecule has 1 heterocycles. The highest BCUT2D eigenvalue weighted by atomic mass is 16.6. The Labute approximate surface area is 69.4 Å². The molecule has 3 heteroatoms. The third-order valence-electron chi connectivity index (χ3n) is 2.19. The largest absolute Gasteiger partial charge is 0.457 e. The molecule has 1 fully saturated rings. The highest BCUT2D eigenvalue weighted by molar-refractivity contribution is 6.44. The second-order valence-corrected chi connectivity index (χ2v) is 3.27. The fourth-order valence-electron chi connectivity index (χ4n) is 1.17. The molecule has 0 N–H and O–H groups in total. The van der Waals surface area contributed by atoms with Gasteiger partial charge in [0.05, 0.1) is 0 Å². The Balaban J connectivity index is 2.13. The standard InChI is InChI=1S/C8H17BO2/c1-3-8(2)7-9-10-5-4-6-11-9/h8H,3-7H2,1-2H3. The van der Waals surface area contributed by atoms with Crippen molar-refractivity contribution in [3.63, 3.8) is 0 Å². The Bertz CT molecular complexity index is 102. The van der Waals surface area contributed by atoms with Gasteiger partial charge in [-0.15, -0.1) is 0 Å². The van der Waals surface area contributed by atoms with Gasteiger partial charge in [-0.05, 0) is 18.7 Å². The minimum absolute atomic E-state index is 0.0821. The lowest BCUT2D eigenvalue weighted by Gasteiger charge is -2.21. The monoisotopic (exact) mass is 156 g/mol. The van der Waals surface area contributed by atoms with Crippen molar-refractivity contribution in [1.29, 1.82) is 0 Å². The summed E-state index contributed by atoms with van der Waals surface area (Å²) in [4.78, 5) is 0. The molecule has 0 aromatic heterocycles. The molecule has 11 heavy (non-hydrogen) atoms. The molecule has 0 aromatic rings. The molecule has 1 atom stereocenters. The average Bonchev–Trinajstić information content (AvgIpc) is 2.06. The summed E-state index contributed by atoms with van der Waals surface area (Å²) in [5, 5.41) is 0. The van der Waals surface area contributed by atoms with Gasteiger partial charge in [-0.1, -0.05) is 20.3 Å². The van der Waals surface area contributed by atoms with E-state index in [-0.39, 0.29) is 7.12 Å². The van der Waals surface area contributed by atoms with Crippen LogP contribution in [0.25, 0.3) is 0 Å². The molecule has 1 rings (SSSR count). The summed E-state index contributed by atoms with van der Waals surface area (Å²) in [7, 11) is 0.0821. The molecular weight excluding hydrogens is 139 g/mol. The van der Waals surface area contributed by atoms with E-state index < -0.39 is 0 Å². The molecule has 2 nitrogen and oxygen atoms in total. The number of hydrogen-bond acceptors (Lipinski definition) is 2. The van der Waals surface area contributed by atoms with Crippen molar-refractivity contribution in [2.45, 2.75) is 33.0 Å². The molecule has 1 unspecified atom stereocenters. The quantitative estimate of drug-likeness (QED) is 0.581. The minimum atomic E-state index is 0.0821. The lowest BCUT2D eigenvalue weighted by Crippen LogP contribution is -2.30. The molecule has 1 saturated heterocycles. The van der Waals surface area contributed by atoms with Crippen LogP contribution < -0.4 is 0 Å². The van der Waals surface area contributed by atoms with Crippen LogP contribution in [-0.2, 0) is 9.31 Å². The fraction of sp³-hybridized carbons (Fsp3) is 1.00. The maximum absolute atomic E-state index is 5.43. The molecule has 1 aliphatic rings. The minimum Gasteiger partial charge on any atom is -0.411 e. The highest BCUT2D eigenvalue weighted by Gasteiger charge is 2.23. The zero-order valence-corrected chi connectivity index (χ0v) is 7.51. The predicted octanol–water partition coefficient (Wildman–Crippen LogP) is 1.96. The van der Waals surface area contributed by atoms with E-state index in [0.29, 0.717) is 0 Å².